The Labute approximate surface area is 316 Å². The summed E-state index contributed by atoms with van der Waals surface area (Å²) in [6.45, 7) is 8.21. The summed E-state index contributed by atoms with van der Waals surface area (Å²) in [7, 11) is 0. The number of thiophene rings is 2. The summed E-state index contributed by atoms with van der Waals surface area (Å²) >= 11 is 2.78. The van der Waals surface area contributed by atoms with Crippen molar-refractivity contribution in [3.8, 4) is 22.8 Å². The van der Waals surface area contributed by atoms with Crippen molar-refractivity contribution < 1.29 is 23.9 Å². The molecule has 0 aliphatic heterocycles. The molecule has 0 saturated heterocycles. The molecule has 4 aromatic heterocycles. The van der Waals surface area contributed by atoms with E-state index < -0.39 is 17.8 Å². The second-order valence-corrected chi connectivity index (χ2v) is 15.2. The average Bonchev–Trinajstić information content (AvgIpc) is 3.90. The number of ketones is 1. The Balaban J connectivity index is 1.38. The number of nitrogens with zero attached hydrogens (tertiary/aromatic N) is 4. The van der Waals surface area contributed by atoms with Crippen LogP contribution in [0.4, 0.5) is 0 Å². The lowest BCUT2D eigenvalue weighted by molar-refractivity contribution is 0.0532. The molecule has 0 aliphatic carbocycles. The zero-order valence-corrected chi connectivity index (χ0v) is 31.5. The molecule has 0 radical (unpaired) electrons. The van der Waals surface area contributed by atoms with Gasteiger partial charge in [0.1, 0.15) is 16.5 Å². The third kappa shape index (κ3) is 5.63. The van der Waals surface area contributed by atoms with Gasteiger partial charge in [-0.15, -0.1) is 22.7 Å². The standard InChI is InChI=1S/C41H34N6O5S2/c1-5-52-41(51)36-34(32-21(3)9-7-11-30(32)54-36)40-45-26-19-24(38(43)50)13-15-28(26)47(40)17-16-46-27-14-12-23(37(42)49)18-25(27)44-39(46)33-31-20(2)8-6-10-29(31)53-35(33)22(4)48/h6-15,18-19H,5,16-17H2,1-4H3,(H2,42,49)(H2,43,50). The second kappa shape index (κ2) is 13.3. The van der Waals surface area contributed by atoms with Gasteiger partial charge < -0.3 is 25.3 Å². The number of fused-ring (bicyclic) bond motifs is 4. The zero-order valence-electron chi connectivity index (χ0n) is 29.9. The number of Topliss-reactive ketones (excluding diaryl/α,β-unsaturated/α-hetero) is 1. The lowest BCUT2D eigenvalue weighted by Crippen LogP contribution is -2.12. The molecule has 0 fully saturated rings. The number of aryl methyl sites for hydroxylation is 4. The number of primary amides is 2. The van der Waals surface area contributed by atoms with Crippen molar-refractivity contribution in [1.29, 1.82) is 0 Å². The van der Waals surface area contributed by atoms with Crippen molar-refractivity contribution in [1.82, 2.24) is 19.1 Å². The fourth-order valence-electron chi connectivity index (χ4n) is 7.26. The molecule has 0 saturated carbocycles. The number of esters is 1. The van der Waals surface area contributed by atoms with E-state index in [4.69, 9.17) is 26.2 Å². The van der Waals surface area contributed by atoms with Crippen LogP contribution in [-0.2, 0) is 17.8 Å². The predicted octanol–water partition coefficient (Wildman–Crippen LogP) is 8.04. The average molecular weight is 755 g/mol. The molecular formula is C41H34N6O5S2. The topological polar surface area (TPSA) is 165 Å². The highest BCUT2D eigenvalue weighted by Gasteiger charge is 2.28. The minimum Gasteiger partial charge on any atom is -0.462 e. The third-order valence-corrected chi connectivity index (χ3v) is 12.1. The van der Waals surface area contributed by atoms with Gasteiger partial charge in [-0.2, -0.15) is 0 Å². The fraction of sp³-hybridized carbons (Fsp3) is 0.171. The van der Waals surface area contributed by atoms with Gasteiger partial charge in [0, 0.05) is 50.0 Å². The minimum atomic E-state index is -0.582. The van der Waals surface area contributed by atoms with Gasteiger partial charge >= 0.3 is 5.97 Å². The highest BCUT2D eigenvalue weighted by molar-refractivity contribution is 7.22. The number of aromatic nitrogens is 4. The molecule has 4 N–H and O–H groups in total. The molecule has 54 heavy (non-hydrogen) atoms. The Morgan fingerprint density at radius 1 is 0.685 bits per heavy atom. The zero-order chi connectivity index (χ0) is 38.0. The van der Waals surface area contributed by atoms with E-state index in [-0.39, 0.29) is 12.4 Å². The first-order chi connectivity index (χ1) is 26.0. The smallest absolute Gasteiger partial charge is 0.349 e. The summed E-state index contributed by atoms with van der Waals surface area (Å²) in [6.07, 6.45) is 0. The van der Waals surface area contributed by atoms with E-state index >= 15 is 0 Å². The molecule has 8 aromatic rings. The number of benzene rings is 4. The highest BCUT2D eigenvalue weighted by atomic mass is 32.1. The summed E-state index contributed by atoms with van der Waals surface area (Å²) in [4.78, 5) is 62.5. The van der Waals surface area contributed by atoms with Crippen LogP contribution in [0.2, 0.25) is 0 Å². The highest BCUT2D eigenvalue weighted by Crippen LogP contribution is 2.44. The van der Waals surface area contributed by atoms with E-state index in [1.54, 1.807) is 38.1 Å². The molecular weight excluding hydrogens is 721 g/mol. The number of hydrogen-bond donors (Lipinski definition) is 2. The van der Waals surface area contributed by atoms with Crippen LogP contribution in [0.15, 0.2) is 72.8 Å². The van der Waals surface area contributed by atoms with Gasteiger partial charge in [0.2, 0.25) is 11.8 Å². The Morgan fingerprint density at radius 2 is 1.15 bits per heavy atom. The lowest BCUT2D eigenvalue weighted by atomic mass is 10.0. The Hall–Kier alpha value is -6.18. The van der Waals surface area contributed by atoms with Crippen molar-refractivity contribution in [2.24, 2.45) is 11.5 Å². The van der Waals surface area contributed by atoms with E-state index in [0.717, 1.165) is 47.9 Å². The first-order valence-electron chi connectivity index (χ1n) is 17.3. The van der Waals surface area contributed by atoms with E-state index in [0.29, 0.717) is 62.2 Å². The Morgan fingerprint density at radius 3 is 1.59 bits per heavy atom. The van der Waals surface area contributed by atoms with Crippen molar-refractivity contribution in [3.05, 3.63) is 105 Å². The van der Waals surface area contributed by atoms with Crippen LogP contribution in [-0.4, -0.2) is 49.3 Å². The number of nitrogens with two attached hydrogens (primary N) is 2. The van der Waals surface area contributed by atoms with Gasteiger partial charge in [0.05, 0.1) is 39.1 Å². The van der Waals surface area contributed by atoms with Crippen LogP contribution in [0, 0.1) is 13.8 Å². The quantitative estimate of drug-likeness (QED) is 0.105. The summed E-state index contributed by atoms with van der Waals surface area (Å²) in [5.41, 5.74) is 17.9. The predicted molar refractivity (Wildman–Crippen MR) is 214 cm³/mol. The number of hydrogen-bond acceptors (Lipinski definition) is 9. The molecule has 270 valence electrons. The van der Waals surface area contributed by atoms with Gasteiger partial charge in [0.15, 0.2) is 5.78 Å². The van der Waals surface area contributed by atoms with E-state index in [1.807, 2.05) is 66.9 Å². The third-order valence-electron chi connectivity index (χ3n) is 9.69. The molecule has 4 heterocycles. The minimum absolute atomic E-state index is 0.0821. The Bertz CT molecular complexity index is 2890. The maximum atomic E-state index is 13.6. The summed E-state index contributed by atoms with van der Waals surface area (Å²) in [5.74, 6) is -0.589. The number of imidazole rings is 2. The molecule has 2 amide bonds. The maximum absolute atomic E-state index is 13.6. The van der Waals surface area contributed by atoms with Gasteiger partial charge in [-0.05, 0) is 87.4 Å². The van der Waals surface area contributed by atoms with Crippen LogP contribution in [0.5, 0.6) is 0 Å². The molecule has 0 unspecified atom stereocenters. The van der Waals surface area contributed by atoms with E-state index in [1.165, 1.54) is 22.7 Å². The second-order valence-electron chi connectivity index (χ2n) is 13.1. The molecule has 13 heteroatoms. The van der Waals surface area contributed by atoms with Crippen molar-refractivity contribution in [2.45, 2.75) is 40.8 Å². The summed E-state index contributed by atoms with van der Waals surface area (Å²) in [6, 6.07) is 22.2. The summed E-state index contributed by atoms with van der Waals surface area (Å²) < 4.78 is 11.5. The molecule has 11 nitrogen and oxygen atoms in total. The fourth-order valence-corrected chi connectivity index (χ4v) is 9.60. The van der Waals surface area contributed by atoms with E-state index in [9.17, 15) is 19.2 Å². The van der Waals surface area contributed by atoms with Crippen LogP contribution in [0.25, 0.3) is 65.0 Å². The van der Waals surface area contributed by atoms with Crippen molar-refractivity contribution in [3.63, 3.8) is 0 Å². The lowest BCUT2D eigenvalue weighted by Gasteiger charge is -2.15. The van der Waals surface area contributed by atoms with Gasteiger partial charge in [-0.25, -0.2) is 14.8 Å². The first-order valence-corrected chi connectivity index (χ1v) is 18.9. The monoisotopic (exact) mass is 754 g/mol. The number of amides is 2. The summed E-state index contributed by atoms with van der Waals surface area (Å²) in [5, 5.41) is 1.82. The Kier molecular flexibility index (Phi) is 8.62. The van der Waals surface area contributed by atoms with Crippen LogP contribution < -0.4 is 11.5 Å². The first kappa shape index (κ1) is 34.9. The molecule has 8 rings (SSSR count). The van der Waals surface area contributed by atoms with Gasteiger partial charge in [0.25, 0.3) is 0 Å². The molecule has 0 spiro atoms. The van der Waals surface area contributed by atoms with Crippen molar-refractivity contribution in [2.75, 3.05) is 6.61 Å². The van der Waals surface area contributed by atoms with E-state index in [2.05, 4.69) is 4.57 Å². The molecule has 0 atom stereocenters. The SMILES string of the molecule is CCOC(=O)c1sc2cccc(C)c2c1-c1nc2cc(C(N)=O)ccc2n1CCn1c(-c2c(C(C)=O)sc3cccc(C)c23)nc2cc(C(N)=O)ccc21. The van der Waals surface area contributed by atoms with Crippen LogP contribution >= 0.6 is 22.7 Å². The molecule has 4 aromatic carbocycles. The van der Waals surface area contributed by atoms with Crippen LogP contribution in [0.3, 0.4) is 0 Å². The van der Waals surface area contributed by atoms with Crippen molar-refractivity contribution >= 4 is 88.5 Å². The normalized spacial score (nSPS) is 11.6. The van der Waals surface area contributed by atoms with Gasteiger partial charge in [-0.1, -0.05) is 24.3 Å². The number of carbonyl (C=O) groups excluding carboxylic acids is 4. The molecule has 0 bridgehead atoms. The van der Waals surface area contributed by atoms with Gasteiger partial charge in [-0.3, -0.25) is 14.4 Å². The number of rotatable bonds is 10. The number of ether oxygens (including phenoxy) is 1. The number of carbonyl (C=O) groups is 4. The maximum Gasteiger partial charge on any atom is 0.349 e. The largest absolute Gasteiger partial charge is 0.462 e. The molecule has 0 aliphatic rings. The van der Waals surface area contributed by atoms with Crippen LogP contribution in [0.1, 0.15) is 65.0 Å².